The summed E-state index contributed by atoms with van der Waals surface area (Å²) in [6, 6.07) is 27.8. The van der Waals surface area contributed by atoms with Gasteiger partial charge in [0, 0.05) is 0 Å². The van der Waals surface area contributed by atoms with Crippen molar-refractivity contribution < 1.29 is 19.1 Å². The van der Waals surface area contributed by atoms with Gasteiger partial charge in [0.1, 0.15) is 11.5 Å². The highest BCUT2D eigenvalue weighted by molar-refractivity contribution is 6.93. The zero-order valence-corrected chi connectivity index (χ0v) is 20.8. The molecule has 0 amide bonds. The van der Waals surface area contributed by atoms with Gasteiger partial charge in [0.25, 0.3) is 0 Å². The SMILES string of the molecule is CC.CCC.Cc1ccccc1.O=C(Cl)Cl.O=C(Oc1ccccc1)Oc1ccccc1. The number of carbonyl (C=O) groups is 2. The Bertz CT molecular complexity index is 764. The second kappa shape index (κ2) is 22.9. The molecule has 0 aliphatic rings. The van der Waals surface area contributed by atoms with Crippen LogP contribution in [0, 0.1) is 6.92 Å². The van der Waals surface area contributed by atoms with E-state index in [1.807, 2.05) is 44.2 Å². The normalized spacial score (nSPS) is 8.22. The van der Waals surface area contributed by atoms with Crippen LogP contribution >= 0.6 is 23.2 Å². The number of benzene rings is 3. The van der Waals surface area contributed by atoms with E-state index in [2.05, 4.69) is 56.1 Å². The minimum Gasteiger partial charge on any atom is -0.395 e. The van der Waals surface area contributed by atoms with E-state index in [4.69, 9.17) is 14.3 Å². The Balaban J connectivity index is 0. The van der Waals surface area contributed by atoms with E-state index in [0.29, 0.717) is 11.5 Å². The highest BCUT2D eigenvalue weighted by Crippen LogP contribution is 2.12. The van der Waals surface area contributed by atoms with Crippen LogP contribution in [-0.2, 0) is 0 Å². The van der Waals surface area contributed by atoms with Gasteiger partial charge in [-0.15, -0.1) is 0 Å². The largest absolute Gasteiger partial charge is 0.519 e. The van der Waals surface area contributed by atoms with Gasteiger partial charge < -0.3 is 9.47 Å². The Morgan fingerprint density at radius 3 is 1.12 bits per heavy atom. The van der Waals surface area contributed by atoms with Crippen molar-refractivity contribution in [1.82, 2.24) is 0 Å². The first-order valence-corrected chi connectivity index (χ1v) is 11.0. The fourth-order valence-corrected chi connectivity index (χ4v) is 1.72. The molecule has 0 saturated heterocycles. The summed E-state index contributed by atoms with van der Waals surface area (Å²) in [6.45, 7) is 10.3. The molecule has 0 aliphatic carbocycles. The van der Waals surface area contributed by atoms with Crippen molar-refractivity contribution in [3.8, 4) is 11.5 Å². The van der Waals surface area contributed by atoms with Gasteiger partial charge in [0.2, 0.25) is 0 Å². The summed E-state index contributed by atoms with van der Waals surface area (Å²) in [5.41, 5.74) is 1.32. The number of ether oxygens (including phenoxy) is 2. The molecule has 0 aromatic heterocycles. The monoisotopic (exact) mass is 478 g/mol. The molecule has 3 aromatic carbocycles. The van der Waals surface area contributed by atoms with E-state index in [9.17, 15) is 4.79 Å². The van der Waals surface area contributed by atoms with Gasteiger partial charge in [-0.05, 0) is 54.4 Å². The highest BCUT2D eigenvalue weighted by atomic mass is 35.5. The fourth-order valence-electron chi connectivity index (χ4n) is 1.72. The first kappa shape index (κ1) is 31.4. The molecule has 0 saturated carbocycles. The lowest BCUT2D eigenvalue weighted by Gasteiger charge is -2.04. The predicted octanol–water partition coefficient (Wildman–Crippen LogP) is 9.29. The minimum absolute atomic E-state index is 0.462. The maximum absolute atomic E-state index is 11.3. The summed E-state index contributed by atoms with van der Waals surface area (Å²) in [5.74, 6) is 0.923. The maximum Gasteiger partial charge on any atom is 0.519 e. The van der Waals surface area contributed by atoms with Crippen LogP contribution in [0.15, 0.2) is 91.0 Å². The standard InChI is InChI=1S/C13H10O3.C7H8.C3H8.C2H6.CCl2O/c14-13(15-11-7-3-1-4-8-11)16-12-9-5-2-6-10-12;1-7-5-3-2-4-6-7;1-3-2;1-2;2-1(3)4/h1-10H;2-6H,1H3;3H2,1-2H3;1-2H3;. The Labute approximate surface area is 202 Å². The van der Waals surface area contributed by atoms with Gasteiger partial charge in [-0.3, -0.25) is 4.79 Å². The molecule has 0 fully saturated rings. The lowest BCUT2D eigenvalue weighted by molar-refractivity contribution is 0.152. The van der Waals surface area contributed by atoms with Crippen molar-refractivity contribution >= 4 is 34.1 Å². The van der Waals surface area contributed by atoms with Gasteiger partial charge >= 0.3 is 10.9 Å². The average molecular weight is 479 g/mol. The predicted molar refractivity (Wildman–Crippen MR) is 135 cm³/mol. The van der Waals surface area contributed by atoms with Crippen LogP contribution in [-0.4, -0.2) is 10.9 Å². The molecule has 3 rings (SSSR count). The third-order valence-electron chi connectivity index (χ3n) is 2.83. The molecule has 0 spiro atoms. The van der Waals surface area contributed by atoms with Crippen molar-refractivity contribution in [2.75, 3.05) is 0 Å². The Kier molecular flexibility index (Phi) is 22.4. The van der Waals surface area contributed by atoms with E-state index in [0.717, 1.165) is 0 Å². The van der Waals surface area contributed by atoms with Crippen molar-refractivity contribution in [2.24, 2.45) is 0 Å². The molecule has 0 unspecified atom stereocenters. The maximum atomic E-state index is 11.3. The summed E-state index contributed by atoms with van der Waals surface area (Å²) < 4.78 is 9.03. The molecule has 4 nitrogen and oxygen atoms in total. The van der Waals surface area contributed by atoms with Crippen LogP contribution < -0.4 is 9.47 Å². The fraction of sp³-hybridized carbons (Fsp3) is 0.231. The van der Waals surface area contributed by atoms with Crippen molar-refractivity contribution in [3.05, 3.63) is 96.6 Å². The number of para-hydroxylation sites is 2. The van der Waals surface area contributed by atoms with Gasteiger partial charge in [0.05, 0.1) is 0 Å². The lowest BCUT2D eigenvalue weighted by atomic mass is 10.2. The summed E-state index contributed by atoms with van der Waals surface area (Å²) >= 11 is 8.80. The number of rotatable bonds is 2. The molecular formula is C26H32Cl2O4. The topological polar surface area (TPSA) is 52.6 Å². The van der Waals surface area contributed by atoms with Crippen LogP contribution in [0.2, 0.25) is 0 Å². The van der Waals surface area contributed by atoms with Gasteiger partial charge in [0.15, 0.2) is 0 Å². The minimum atomic E-state index is -0.889. The third kappa shape index (κ3) is 21.9. The van der Waals surface area contributed by atoms with Gasteiger partial charge in [-0.25, -0.2) is 4.79 Å². The molecule has 174 valence electrons. The van der Waals surface area contributed by atoms with Crippen molar-refractivity contribution in [2.45, 2.75) is 41.0 Å². The van der Waals surface area contributed by atoms with Crippen molar-refractivity contribution in [1.29, 1.82) is 0 Å². The molecule has 0 bridgehead atoms. The van der Waals surface area contributed by atoms with E-state index < -0.39 is 10.9 Å². The quantitative estimate of drug-likeness (QED) is 0.209. The van der Waals surface area contributed by atoms with Crippen LogP contribution in [0.1, 0.15) is 39.7 Å². The molecular weight excluding hydrogens is 447 g/mol. The molecule has 0 aliphatic heterocycles. The number of halogens is 2. The summed E-state index contributed by atoms with van der Waals surface area (Å²) in [4.78, 5) is 20.3. The van der Waals surface area contributed by atoms with Crippen LogP contribution in [0.4, 0.5) is 9.59 Å². The van der Waals surface area contributed by atoms with Gasteiger partial charge in [-0.2, -0.15) is 0 Å². The van der Waals surface area contributed by atoms with E-state index in [-0.39, 0.29) is 0 Å². The summed E-state index contributed by atoms with van der Waals surface area (Å²) in [5, 5.41) is 0. The Morgan fingerprint density at radius 2 is 0.906 bits per heavy atom. The number of carbonyl (C=O) groups excluding carboxylic acids is 2. The van der Waals surface area contributed by atoms with Crippen LogP contribution in [0.5, 0.6) is 11.5 Å². The molecule has 0 atom stereocenters. The summed E-state index contributed by atoms with van der Waals surface area (Å²) in [7, 11) is 0. The van der Waals surface area contributed by atoms with E-state index >= 15 is 0 Å². The zero-order chi connectivity index (χ0) is 24.6. The second-order valence-electron chi connectivity index (χ2n) is 5.67. The molecule has 0 radical (unpaired) electrons. The summed E-state index contributed by atoms with van der Waals surface area (Å²) in [6.07, 6.45) is 0.511. The number of hydrogen-bond donors (Lipinski definition) is 0. The first-order valence-electron chi connectivity index (χ1n) is 10.2. The molecule has 6 heteroatoms. The average Bonchev–Trinajstić information content (AvgIpc) is 2.78. The lowest BCUT2D eigenvalue weighted by Crippen LogP contribution is -2.13. The molecule has 0 N–H and O–H groups in total. The van der Waals surface area contributed by atoms with Crippen LogP contribution in [0.25, 0.3) is 0 Å². The smallest absolute Gasteiger partial charge is 0.395 e. The molecule has 0 heterocycles. The van der Waals surface area contributed by atoms with Gasteiger partial charge in [-0.1, -0.05) is 106 Å². The molecule has 32 heavy (non-hydrogen) atoms. The Morgan fingerprint density at radius 1 is 0.656 bits per heavy atom. The highest BCUT2D eigenvalue weighted by Gasteiger charge is 2.06. The first-order chi connectivity index (χ1) is 15.4. The second-order valence-corrected chi connectivity index (χ2v) is 6.55. The van der Waals surface area contributed by atoms with Crippen molar-refractivity contribution in [3.63, 3.8) is 0 Å². The van der Waals surface area contributed by atoms with E-state index in [1.54, 1.807) is 48.5 Å². The Hall–Kier alpha value is -2.82. The third-order valence-corrected chi connectivity index (χ3v) is 2.83. The number of hydrogen-bond acceptors (Lipinski definition) is 4. The molecule has 3 aromatic rings. The van der Waals surface area contributed by atoms with Crippen LogP contribution in [0.3, 0.4) is 0 Å². The number of aryl methyl sites for hydroxylation is 1. The zero-order valence-electron chi connectivity index (χ0n) is 19.3. The van der Waals surface area contributed by atoms with E-state index in [1.165, 1.54) is 12.0 Å².